The maximum absolute atomic E-state index is 12.8. The smallest absolute Gasteiger partial charge is 0.243 e. The first-order valence-electron chi connectivity index (χ1n) is 12.3. The molecule has 7 heteroatoms. The molecule has 6 nitrogen and oxygen atoms in total. The number of rotatable bonds is 17. The van der Waals surface area contributed by atoms with Crippen molar-refractivity contribution in [3.8, 4) is 0 Å². The predicted molar refractivity (Wildman–Crippen MR) is 146 cm³/mol. The molecule has 0 aromatic rings. The molecule has 0 aromatic carbocycles. The van der Waals surface area contributed by atoms with E-state index in [1.165, 1.54) is 23.6 Å². The number of carbonyl (C=O) groups excluding carboxylic acids is 3. The maximum atomic E-state index is 12.8. The summed E-state index contributed by atoms with van der Waals surface area (Å²) in [5.74, 6) is 0.356. The van der Waals surface area contributed by atoms with E-state index in [0.29, 0.717) is 5.75 Å². The largest absolute Gasteiger partial charge is 0.344 e. The van der Waals surface area contributed by atoms with Gasteiger partial charge in [0.1, 0.15) is 6.04 Å². The van der Waals surface area contributed by atoms with Crippen LogP contribution < -0.4 is 16.4 Å². The first-order valence-corrected chi connectivity index (χ1v) is 13.5. The molecule has 4 N–H and O–H groups in total. The lowest BCUT2D eigenvalue weighted by molar-refractivity contribution is -0.131. The van der Waals surface area contributed by atoms with Gasteiger partial charge in [0.15, 0.2) is 5.78 Å². The third kappa shape index (κ3) is 15.1. The fourth-order valence-electron chi connectivity index (χ4n) is 3.27. The molecule has 0 rings (SSSR count). The van der Waals surface area contributed by atoms with Crippen LogP contribution in [0.3, 0.4) is 0 Å². The number of allylic oxidation sites excluding steroid dienone is 5. The van der Waals surface area contributed by atoms with Gasteiger partial charge in [-0.25, -0.2) is 0 Å². The number of amides is 2. The molecule has 0 aromatic heterocycles. The van der Waals surface area contributed by atoms with E-state index in [4.69, 9.17) is 5.73 Å². The summed E-state index contributed by atoms with van der Waals surface area (Å²) in [6, 6.07) is -1.33. The third-order valence-electron chi connectivity index (χ3n) is 5.72. The molecule has 34 heavy (non-hydrogen) atoms. The highest BCUT2D eigenvalue weighted by Gasteiger charge is 2.28. The Morgan fingerprint density at radius 3 is 2.03 bits per heavy atom. The molecular formula is C27H47N3O3S. The molecule has 0 bridgehead atoms. The van der Waals surface area contributed by atoms with Crippen LogP contribution in [0.1, 0.15) is 80.6 Å². The van der Waals surface area contributed by atoms with E-state index in [9.17, 15) is 14.4 Å². The van der Waals surface area contributed by atoms with Crippen molar-refractivity contribution in [2.24, 2.45) is 11.7 Å². The van der Waals surface area contributed by atoms with Crippen molar-refractivity contribution in [1.82, 2.24) is 10.6 Å². The molecule has 0 saturated heterocycles. The van der Waals surface area contributed by atoms with Crippen LogP contribution in [-0.2, 0) is 14.4 Å². The number of Topliss-reactive ketones (excluding diaryl/α,β-unsaturated/α-hetero) is 1. The zero-order valence-electron chi connectivity index (χ0n) is 22.3. The quantitative estimate of drug-likeness (QED) is 0.201. The molecule has 0 radical (unpaired) electrons. The number of hydrogen-bond donors (Lipinski definition) is 3. The number of carbonyl (C=O) groups is 3. The second-order valence-corrected chi connectivity index (χ2v) is 10.4. The molecule has 0 aliphatic heterocycles. The molecule has 0 aliphatic carbocycles. The van der Waals surface area contributed by atoms with E-state index >= 15 is 0 Å². The Labute approximate surface area is 211 Å². The Hall–Kier alpha value is -1.86. The molecule has 0 heterocycles. The van der Waals surface area contributed by atoms with Crippen LogP contribution >= 0.6 is 11.8 Å². The highest BCUT2D eigenvalue weighted by Crippen LogP contribution is 2.14. The summed E-state index contributed by atoms with van der Waals surface area (Å²) < 4.78 is 0. The van der Waals surface area contributed by atoms with Crippen LogP contribution in [0.2, 0.25) is 0 Å². The fraction of sp³-hybridized carbons (Fsp3) is 0.667. The number of ketones is 1. The lowest BCUT2D eigenvalue weighted by atomic mass is 9.98. The Balaban J connectivity index is 4.71. The van der Waals surface area contributed by atoms with Crippen molar-refractivity contribution in [2.45, 2.75) is 92.7 Å². The molecule has 0 saturated carbocycles. The molecular weight excluding hydrogens is 446 g/mol. The van der Waals surface area contributed by atoms with E-state index < -0.39 is 12.1 Å². The van der Waals surface area contributed by atoms with Gasteiger partial charge in [-0.3, -0.25) is 14.4 Å². The minimum Gasteiger partial charge on any atom is -0.344 e. The first kappa shape index (κ1) is 32.1. The highest BCUT2D eigenvalue weighted by molar-refractivity contribution is 7.99. The fourth-order valence-corrected chi connectivity index (χ4v) is 4.31. The normalized spacial score (nSPS) is 14.7. The van der Waals surface area contributed by atoms with E-state index in [0.717, 1.165) is 37.9 Å². The predicted octanol–water partition coefficient (Wildman–Crippen LogP) is 4.70. The average Bonchev–Trinajstić information content (AvgIpc) is 2.77. The zero-order chi connectivity index (χ0) is 26.1. The van der Waals surface area contributed by atoms with Crippen LogP contribution in [0.4, 0.5) is 0 Å². The van der Waals surface area contributed by atoms with E-state index in [1.54, 1.807) is 11.8 Å². The summed E-state index contributed by atoms with van der Waals surface area (Å²) in [5, 5.41) is 5.51. The SMILES string of the molecule is CC[C@H](C)C(NC(C)=O)C(=O)N[C@@H](CSC/C=C(\C)CC/C=C(\C)CCC=C(C)C)C(=O)CN. The Morgan fingerprint density at radius 1 is 0.912 bits per heavy atom. The molecule has 2 amide bonds. The summed E-state index contributed by atoms with van der Waals surface area (Å²) in [5.41, 5.74) is 9.67. The van der Waals surface area contributed by atoms with Crippen molar-refractivity contribution < 1.29 is 14.4 Å². The zero-order valence-corrected chi connectivity index (χ0v) is 23.1. The number of thioether (sulfide) groups is 1. The van der Waals surface area contributed by atoms with Crippen LogP contribution in [0, 0.1) is 5.92 Å². The summed E-state index contributed by atoms with van der Waals surface area (Å²) in [6.45, 7) is 13.7. The minimum absolute atomic E-state index is 0.0410. The Kier molecular flexibility index (Phi) is 17.5. The van der Waals surface area contributed by atoms with Gasteiger partial charge in [0.2, 0.25) is 11.8 Å². The Morgan fingerprint density at radius 2 is 1.50 bits per heavy atom. The number of nitrogens with one attached hydrogen (secondary N) is 2. The van der Waals surface area contributed by atoms with Gasteiger partial charge in [-0.2, -0.15) is 11.8 Å². The lowest BCUT2D eigenvalue weighted by Gasteiger charge is -2.25. The molecule has 3 atom stereocenters. The molecule has 0 spiro atoms. The highest BCUT2D eigenvalue weighted by atomic mass is 32.2. The van der Waals surface area contributed by atoms with E-state index in [-0.39, 0.29) is 30.1 Å². The van der Waals surface area contributed by atoms with Crippen LogP contribution in [0.5, 0.6) is 0 Å². The van der Waals surface area contributed by atoms with Crippen molar-refractivity contribution in [3.63, 3.8) is 0 Å². The van der Waals surface area contributed by atoms with Gasteiger partial charge in [0.05, 0.1) is 12.6 Å². The summed E-state index contributed by atoms with van der Waals surface area (Å²) in [7, 11) is 0. The van der Waals surface area contributed by atoms with Gasteiger partial charge in [0, 0.05) is 18.4 Å². The molecule has 0 aliphatic rings. The van der Waals surface area contributed by atoms with Crippen LogP contribution in [-0.4, -0.2) is 47.7 Å². The average molecular weight is 494 g/mol. The topological polar surface area (TPSA) is 101 Å². The van der Waals surface area contributed by atoms with Crippen molar-refractivity contribution in [1.29, 1.82) is 0 Å². The van der Waals surface area contributed by atoms with Gasteiger partial charge in [-0.05, 0) is 59.3 Å². The maximum Gasteiger partial charge on any atom is 0.243 e. The standard InChI is InChI=1S/C27H47N3O3S/c1-8-22(6)26(29-23(7)31)27(33)30-24(25(32)17-28)18-34-16-15-21(5)14-10-13-20(4)12-9-11-19(2)3/h11,13,15,22,24,26H,8-10,12,14,16-18,28H2,1-7H3,(H,29,31)(H,30,33)/b20-13+,21-15+/t22-,24-,26?/m0/s1. The number of hydrogen-bond acceptors (Lipinski definition) is 5. The van der Waals surface area contributed by atoms with Crippen LogP contribution in [0.25, 0.3) is 0 Å². The van der Waals surface area contributed by atoms with Gasteiger partial charge in [-0.1, -0.05) is 55.2 Å². The Bertz CT molecular complexity index is 739. The van der Waals surface area contributed by atoms with Gasteiger partial charge in [0.25, 0.3) is 0 Å². The van der Waals surface area contributed by atoms with Crippen molar-refractivity contribution >= 4 is 29.4 Å². The second-order valence-electron chi connectivity index (χ2n) is 9.29. The van der Waals surface area contributed by atoms with Gasteiger partial charge < -0.3 is 16.4 Å². The molecule has 1 unspecified atom stereocenters. The van der Waals surface area contributed by atoms with Crippen molar-refractivity contribution in [2.75, 3.05) is 18.1 Å². The molecule has 194 valence electrons. The summed E-state index contributed by atoms with van der Waals surface area (Å²) >= 11 is 1.59. The monoisotopic (exact) mass is 493 g/mol. The van der Waals surface area contributed by atoms with Crippen LogP contribution in [0.15, 0.2) is 34.9 Å². The van der Waals surface area contributed by atoms with Gasteiger partial charge >= 0.3 is 0 Å². The number of nitrogens with two attached hydrogens (primary N) is 1. The van der Waals surface area contributed by atoms with Crippen molar-refractivity contribution in [3.05, 3.63) is 34.9 Å². The lowest BCUT2D eigenvalue weighted by Crippen LogP contribution is -2.55. The minimum atomic E-state index is -0.666. The summed E-state index contributed by atoms with van der Waals surface area (Å²) in [4.78, 5) is 36.6. The summed E-state index contributed by atoms with van der Waals surface area (Å²) in [6.07, 6.45) is 11.7. The molecule has 0 fully saturated rings. The third-order valence-corrected chi connectivity index (χ3v) is 6.69. The van der Waals surface area contributed by atoms with E-state index in [2.05, 4.69) is 56.6 Å². The van der Waals surface area contributed by atoms with E-state index in [1.807, 2.05) is 13.8 Å². The van der Waals surface area contributed by atoms with Gasteiger partial charge in [-0.15, -0.1) is 0 Å². The first-order chi connectivity index (χ1) is 16.0. The second kappa shape index (κ2) is 18.5.